The van der Waals surface area contributed by atoms with Gasteiger partial charge < -0.3 is 10.6 Å². The van der Waals surface area contributed by atoms with Crippen molar-refractivity contribution in [1.82, 2.24) is 9.97 Å². The summed E-state index contributed by atoms with van der Waals surface area (Å²) in [5.41, 5.74) is 6.08. The minimum Gasteiger partial charge on any atom is -0.363 e. The molecule has 0 aliphatic carbocycles. The zero-order chi connectivity index (χ0) is 14.8. The summed E-state index contributed by atoms with van der Waals surface area (Å²) < 4.78 is 24.8. The highest BCUT2D eigenvalue weighted by molar-refractivity contribution is 7.91. The largest absolute Gasteiger partial charge is 0.363 e. The van der Waals surface area contributed by atoms with Crippen LogP contribution in [0.5, 0.6) is 0 Å². The first-order chi connectivity index (χ1) is 9.45. The Morgan fingerprint density at radius 1 is 1.05 bits per heavy atom. The van der Waals surface area contributed by atoms with Crippen molar-refractivity contribution in [3.8, 4) is 0 Å². The highest BCUT2D eigenvalue weighted by Gasteiger charge is 2.18. The maximum Gasteiger partial charge on any atom is 0.209 e. The lowest BCUT2D eigenvalue weighted by Gasteiger charge is -2.11. The number of nitrogens with zero attached hydrogens (tertiary/aromatic N) is 3. The SMILES string of the molecule is CN(C)c1ccc(S(=O)(=O)c2ccc(CN)nc2)cn1. The van der Waals surface area contributed by atoms with Gasteiger partial charge >= 0.3 is 0 Å². The highest BCUT2D eigenvalue weighted by atomic mass is 32.2. The van der Waals surface area contributed by atoms with Gasteiger partial charge in [-0.15, -0.1) is 0 Å². The number of hydrogen-bond acceptors (Lipinski definition) is 6. The first-order valence-electron chi connectivity index (χ1n) is 5.98. The van der Waals surface area contributed by atoms with Crippen molar-refractivity contribution in [2.45, 2.75) is 16.3 Å². The molecule has 2 heterocycles. The zero-order valence-electron chi connectivity index (χ0n) is 11.3. The fourth-order valence-electron chi connectivity index (χ4n) is 1.62. The van der Waals surface area contributed by atoms with E-state index < -0.39 is 9.84 Å². The fourth-order valence-corrected chi connectivity index (χ4v) is 2.77. The third-order valence-corrected chi connectivity index (χ3v) is 4.53. The molecule has 0 fully saturated rings. The Morgan fingerprint density at radius 3 is 2.05 bits per heavy atom. The molecule has 106 valence electrons. The van der Waals surface area contributed by atoms with Gasteiger partial charge in [-0.2, -0.15) is 0 Å². The van der Waals surface area contributed by atoms with Crippen LogP contribution in [0.3, 0.4) is 0 Å². The molecule has 2 rings (SSSR count). The van der Waals surface area contributed by atoms with Crippen LogP contribution in [0.4, 0.5) is 5.82 Å². The smallest absolute Gasteiger partial charge is 0.209 e. The number of rotatable bonds is 4. The predicted molar refractivity (Wildman–Crippen MR) is 76.1 cm³/mol. The Labute approximate surface area is 118 Å². The molecule has 0 amide bonds. The van der Waals surface area contributed by atoms with Gasteiger partial charge in [0, 0.05) is 33.0 Å². The lowest BCUT2D eigenvalue weighted by atomic mass is 10.4. The van der Waals surface area contributed by atoms with Gasteiger partial charge in [-0.25, -0.2) is 13.4 Å². The summed E-state index contributed by atoms with van der Waals surface area (Å²) >= 11 is 0. The Kier molecular flexibility index (Phi) is 4.01. The molecule has 0 atom stereocenters. The van der Waals surface area contributed by atoms with Gasteiger partial charge in [0.2, 0.25) is 9.84 Å². The molecule has 0 bridgehead atoms. The molecule has 20 heavy (non-hydrogen) atoms. The van der Waals surface area contributed by atoms with E-state index >= 15 is 0 Å². The average molecular weight is 292 g/mol. The van der Waals surface area contributed by atoms with Crippen molar-refractivity contribution in [3.63, 3.8) is 0 Å². The Morgan fingerprint density at radius 2 is 1.65 bits per heavy atom. The number of sulfone groups is 1. The van der Waals surface area contributed by atoms with Crippen molar-refractivity contribution in [1.29, 1.82) is 0 Å². The quantitative estimate of drug-likeness (QED) is 0.898. The van der Waals surface area contributed by atoms with E-state index in [1.807, 2.05) is 14.1 Å². The second-order valence-electron chi connectivity index (χ2n) is 4.44. The summed E-state index contributed by atoms with van der Waals surface area (Å²) in [5.74, 6) is 0.695. The van der Waals surface area contributed by atoms with E-state index in [9.17, 15) is 8.42 Å². The lowest BCUT2D eigenvalue weighted by Crippen LogP contribution is -2.11. The minimum absolute atomic E-state index is 0.133. The van der Waals surface area contributed by atoms with E-state index in [2.05, 4.69) is 9.97 Å². The van der Waals surface area contributed by atoms with E-state index in [1.54, 1.807) is 17.0 Å². The summed E-state index contributed by atoms with van der Waals surface area (Å²) in [6.07, 6.45) is 2.67. The van der Waals surface area contributed by atoms with Crippen LogP contribution in [-0.2, 0) is 16.4 Å². The van der Waals surface area contributed by atoms with Crippen molar-refractivity contribution >= 4 is 15.7 Å². The molecule has 7 heteroatoms. The number of hydrogen-bond donors (Lipinski definition) is 1. The third-order valence-electron chi connectivity index (χ3n) is 2.81. The van der Waals surface area contributed by atoms with E-state index in [1.165, 1.54) is 24.5 Å². The lowest BCUT2D eigenvalue weighted by molar-refractivity contribution is 0.595. The van der Waals surface area contributed by atoms with Crippen molar-refractivity contribution in [2.75, 3.05) is 19.0 Å². The normalized spacial score (nSPS) is 11.3. The summed E-state index contributed by atoms with van der Waals surface area (Å²) in [6, 6.07) is 6.31. The highest BCUT2D eigenvalue weighted by Crippen LogP contribution is 2.20. The fraction of sp³-hybridized carbons (Fsp3) is 0.231. The molecule has 0 radical (unpaired) electrons. The van der Waals surface area contributed by atoms with Crippen molar-refractivity contribution in [3.05, 3.63) is 42.4 Å². The molecule has 0 aromatic carbocycles. The van der Waals surface area contributed by atoms with Gasteiger partial charge in [0.25, 0.3) is 0 Å². The molecule has 0 aliphatic rings. The Balaban J connectivity index is 2.38. The maximum absolute atomic E-state index is 12.4. The molecule has 2 aromatic heterocycles. The van der Waals surface area contributed by atoms with Gasteiger partial charge in [0.1, 0.15) is 5.82 Å². The van der Waals surface area contributed by atoms with E-state index in [0.29, 0.717) is 11.5 Å². The third kappa shape index (κ3) is 2.78. The molecule has 6 nitrogen and oxygen atoms in total. The molecule has 0 saturated carbocycles. The molecule has 2 aromatic rings. The summed E-state index contributed by atoms with van der Waals surface area (Å²) in [5, 5.41) is 0. The van der Waals surface area contributed by atoms with E-state index in [-0.39, 0.29) is 16.3 Å². The van der Waals surface area contributed by atoms with Crippen molar-refractivity contribution in [2.24, 2.45) is 5.73 Å². The van der Waals surface area contributed by atoms with Crippen LogP contribution in [-0.4, -0.2) is 32.5 Å². The predicted octanol–water partition coefficient (Wildman–Crippen LogP) is 0.834. The topological polar surface area (TPSA) is 89.2 Å². The van der Waals surface area contributed by atoms with Gasteiger partial charge in [0.05, 0.1) is 15.5 Å². The van der Waals surface area contributed by atoms with Crippen LogP contribution in [0.1, 0.15) is 5.69 Å². The molecular formula is C13H16N4O2S. The zero-order valence-corrected chi connectivity index (χ0v) is 12.1. The minimum atomic E-state index is -3.59. The summed E-state index contributed by atoms with van der Waals surface area (Å²) in [4.78, 5) is 10.2. The molecule has 0 unspecified atom stereocenters. The summed E-state index contributed by atoms with van der Waals surface area (Å²) in [7, 11) is 0.0878. The molecule has 0 spiro atoms. The van der Waals surface area contributed by atoms with Crippen LogP contribution in [0, 0.1) is 0 Å². The second-order valence-corrected chi connectivity index (χ2v) is 6.39. The molecular weight excluding hydrogens is 276 g/mol. The van der Waals surface area contributed by atoms with Crippen LogP contribution in [0.25, 0.3) is 0 Å². The maximum atomic E-state index is 12.4. The number of anilines is 1. The molecule has 0 saturated heterocycles. The first-order valence-corrected chi connectivity index (χ1v) is 7.47. The standard InChI is InChI=1S/C13H16N4O2S/c1-17(2)13-6-5-12(9-16-13)20(18,19)11-4-3-10(7-14)15-8-11/h3-6,8-9H,7,14H2,1-2H3. The van der Waals surface area contributed by atoms with Crippen LogP contribution < -0.4 is 10.6 Å². The van der Waals surface area contributed by atoms with Crippen LogP contribution in [0.15, 0.2) is 46.5 Å². The Bertz CT molecular complexity index is 679. The molecule has 0 aliphatic heterocycles. The Hall–Kier alpha value is -1.99. The van der Waals surface area contributed by atoms with Gasteiger partial charge in [0.15, 0.2) is 0 Å². The van der Waals surface area contributed by atoms with Crippen LogP contribution >= 0.6 is 0 Å². The van der Waals surface area contributed by atoms with E-state index in [0.717, 1.165) is 0 Å². The average Bonchev–Trinajstić information content (AvgIpc) is 2.47. The monoisotopic (exact) mass is 292 g/mol. The van der Waals surface area contributed by atoms with Crippen LogP contribution in [0.2, 0.25) is 0 Å². The number of nitrogens with two attached hydrogens (primary N) is 1. The van der Waals surface area contributed by atoms with Crippen molar-refractivity contribution < 1.29 is 8.42 Å². The number of pyridine rings is 2. The van der Waals surface area contributed by atoms with Gasteiger partial charge in [-0.3, -0.25) is 4.98 Å². The molecule has 2 N–H and O–H groups in total. The second kappa shape index (κ2) is 5.56. The summed E-state index contributed by atoms with van der Waals surface area (Å²) in [6.45, 7) is 0.277. The van der Waals surface area contributed by atoms with Gasteiger partial charge in [-0.05, 0) is 24.3 Å². The first kappa shape index (κ1) is 14.4. The van der Waals surface area contributed by atoms with E-state index in [4.69, 9.17) is 5.73 Å². The number of aromatic nitrogens is 2. The van der Waals surface area contributed by atoms with Gasteiger partial charge in [-0.1, -0.05) is 0 Å².